The lowest BCUT2D eigenvalue weighted by Gasteiger charge is -2.17. The first-order valence-corrected chi connectivity index (χ1v) is 8.83. The van der Waals surface area contributed by atoms with Gasteiger partial charge in [-0.25, -0.2) is 0 Å². The summed E-state index contributed by atoms with van der Waals surface area (Å²) in [6, 6.07) is 8.65. The monoisotopic (exact) mass is 527 g/mol. The molecule has 6 nitrogen and oxygen atoms in total. The van der Waals surface area contributed by atoms with E-state index in [-0.39, 0.29) is 42.3 Å². The second-order valence-electron chi connectivity index (χ2n) is 6.17. The molecule has 1 heterocycles. The molecule has 1 aromatic heterocycles. The molecule has 2 atom stereocenters. The number of halogens is 4. The SMILES string of the molecule is CCNC(=NCC(O)c1ccc(OC(F)(F)F)cc1)NC(C)c1ccc(C)o1.I. The Morgan fingerprint density at radius 3 is 2.38 bits per heavy atom. The summed E-state index contributed by atoms with van der Waals surface area (Å²) < 4.78 is 46.0. The maximum atomic E-state index is 12.2. The summed E-state index contributed by atoms with van der Waals surface area (Å²) in [6.07, 6.45) is -5.73. The molecule has 0 aliphatic heterocycles. The molecule has 0 saturated heterocycles. The van der Waals surface area contributed by atoms with E-state index in [2.05, 4.69) is 20.4 Å². The van der Waals surface area contributed by atoms with Gasteiger partial charge in [-0.3, -0.25) is 4.99 Å². The predicted octanol–water partition coefficient (Wildman–Crippen LogP) is 4.45. The standard InChI is InChI=1S/C19H24F3N3O3.HI/c1-4-23-18(25-13(3)17-10-5-12(2)27-17)24-11-16(26)14-6-8-15(9-7-14)28-19(20,21)22;/h5-10,13,16,26H,4,11H2,1-3H3,(H2,23,24,25);1H. The molecule has 0 saturated carbocycles. The highest BCUT2D eigenvalue weighted by Crippen LogP contribution is 2.24. The lowest BCUT2D eigenvalue weighted by atomic mass is 10.1. The van der Waals surface area contributed by atoms with Gasteiger partial charge >= 0.3 is 6.36 Å². The van der Waals surface area contributed by atoms with Crippen molar-refractivity contribution in [3.05, 3.63) is 53.5 Å². The minimum Gasteiger partial charge on any atom is -0.464 e. The van der Waals surface area contributed by atoms with Crippen molar-refractivity contribution in [1.82, 2.24) is 10.6 Å². The molecule has 0 radical (unpaired) electrons. The normalized spacial score (nSPS) is 14.0. The van der Waals surface area contributed by atoms with E-state index < -0.39 is 12.5 Å². The first-order valence-electron chi connectivity index (χ1n) is 8.83. The van der Waals surface area contributed by atoms with Crippen molar-refractivity contribution < 1.29 is 27.4 Å². The van der Waals surface area contributed by atoms with Crippen molar-refractivity contribution in [3.63, 3.8) is 0 Å². The molecule has 29 heavy (non-hydrogen) atoms. The number of rotatable bonds is 7. The molecule has 0 bridgehead atoms. The van der Waals surface area contributed by atoms with E-state index in [1.165, 1.54) is 12.1 Å². The molecule has 1 aromatic carbocycles. The van der Waals surface area contributed by atoms with E-state index in [0.717, 1.165) is 23.7 Å². The molecule has 3 N–H and O–H groups in total. The van der Waals surface area contributed by atoms with Crippen LogP contribution in [0.2, 0.25) is 0 Å². The number of benzene rings is 1. The fraction of sp³-hybridized carbons (Fsp3) is 0.421. The zero-order valence-electron chi connectivity index (χ0n) is 16.3. The average molecular weight is 527 g/mol. The van der Waals surface area contributed by atoms with Crippen LogP contribution >= 0.6 is 24.0 Å². The van der Waals surface area contributed by atoms with Crippen LogP contribution in [0.25, 0.3) is 0 Å². The number of aliphatic imine (C=N–C) groups is 1. The number of aryl methyl sites for hydroxylation is 1. The van der Waals surface area contributed by atoms with Crippen LogP contribution in [0.1, 0.15) is 43.1 Å². The van der Waals surface area contributed by atoms with Gasteiger partial charge in [0.15, 0.2) is 5.96 Å². The van der Waals surface area contributed by atoms with Gasteiger partial charge in [0.2, 0.25) is 0 Å². The third kappa shape index (κ3) is 8.52. The van der Waals surface area contributed by atoms with Gasteiger partial charge in [-0.1, -0.05) is 12.1 Å². The summed E-state index contributed by atoms with van der Waals surface area (Å²) in [5.41, 5.74) is 0.434. The number of hydrogen-bond donors (Lipinski definition) is 3. The first kappa shape index (κ1) is 25.1. The Hall–Kier alpha value is -1.95. The van der Waals surface area contributed by atoms with E-state index in [1.54, 1.807) is 0 Å². The average Bonchev–Trinajstić information content (AvgIpc) is 3.05. The molecule has 10 heteroatoms. The van der Waals surface area contributed by atoms with Crippen molar-refractivity contribution >= 4 is 29.9 Å². The van der Waals surface area contributed by atoms with Crippen LogP contribution in [0, 0.1) is 6.92 Å². The number of nitrogens with one attached hydrogen (secondary N) is 2. The lowest BCUT2D eigenvalue weighted by molar-refractivity contribution is -0.274. The van der Waals surface area contributed by atoms with Gasteiger partial charge in [-0.2, -0.15) is 0 Å². The Labute approximate surface area is 184 Å². The number of nitrogens with zero attached hydrogens (tertiary/aromatic N) is 1. The van der Waals surface area contributed by atoms with E-state index in [4.69, 9.17) is 4.42 Å². The fourth-order valence-electron chi connectivity index (χ4n) is 2.46. The molecular formula is C19H25F3IN3O3. The maximum absolute atomic E-state index is 12.2. The molecule has 0 aliphatic carbocycles. The predicted molar refractivity (Wildman–Crippen MR) is 114 cm³/mol. The van der Waals surface area contributed by atoms with Gasteiger partial charge in [-0.05, 0) is 50.6 Å². The second kappa shape index (κ2) is 11.3. The van der Waals surface area contributed by atoms with Crippen LogP contribution in [-0.4, -0.2) is 30.5 Å². The zero-order chi connectivity index (χ0) is 20.7. The van der Waals surface area contributed by atoms with Crippen LogP contribution in [0.4, 0.5) is 13.2 Å². The highest BCUT2D eigenvalue weighted by molar-refractivity contribution is 14.0. The van der Waals surface area contributed by atoms with Crippen molar-refractivity contribution in [3.8, 4) is 5.75 Å². The van der Waals surface area contributed by atoms with Crippen molar-refractivity contribution in [2.24, 2.45) is 4.99 Å². The number of ether oxygens (including phenoxy) is 1. The van der Waals surface area contributed by atoms with Crippen LogP contribution in [0.5, 0.6) is 5.75 Å². The summed E-state index contributed by atoms with van der Waals surface area (Å²) in [5, 5.41) is 16.5. The van der Waals surface area contributed by atoms with Crippen molar-refractivity contribution in [1.29, 1.82) is 0 Å². The zero-order valence-corrected chi connectivity index (χ0v) is 18.6. The number of alkyl halides is 3. The minimum atomic E-state index is -4.75. The second-order valence-corrected chi connectivity index (χ2v) is 6.17. The first-order chi connectivity index (χ1) is 13.2. The highest BCUT2D eigenvalue weighted by atomic mass is 127. The number of aliphatic hydroxyl groups excluding tert-OH is 1. The Bertz CT molecular complexity index is 779. The van der Waals surface area contributed by atoms with Crippen LogP contribution in [-0.2, 0) is 0 Å². The molecule has 2 aromatic rings. The van der Waals surface area contributed by atoms with Crippen LogP contribution < -0.4 is 15.4 Å². The summed E-state index contributed by atoms with van der Waals surface area (Å²) in [5.74, 6) is 1.70. The third-order valence-corrected chi connectivity index (χ3v) is 3.81. The Morgan fingerprint density at radius 1 is 1.21 bits per heavy atom. The quantitative estimate of drug-likeness (QED) is 0.282. The Balaban J connectivity index is 0.00000420. The van der Waals surface area contributed by atoms with E-state index in [9.17, 15) is 18.3 Å². The van der Waals surface area contributed by atoms with Gasteiger partial charge < -0.3 is 24.9 Å². The fourth-order valence-corrected chi connectivity index (χ4v) is 2.46. The van der Waals surface area contributed by atoms with Crippen LogP contribution in [0.15, 0.2) is 45.8 Å². The topological polar surface area (TPSA) is 79.0 Å². The van der Waals surface area contributed by atoms with Gasteiger partial charge in [0, 0.05) is 6.54 Å². The largest absolute Gasteiger partial charge is 0.573 e. The van der Waals surface area contributed by atoms with Gasteiger partial charge in [-0.15, -0.1) is 37.1 Å². The lowest BCUT2D eigenvalue weighted by Crippen LogP contribution is -2.39. The molecule has 0 spiro atoms. The molecule has 2 unspecified atom stereocenters. The molecule has 0 fully saturated rings. The van der Waals surface area contributed by atoms with E-state index in [1.807, 2.05) is 32.9 Å². The van der Waals surface area contributed by atoms with Gasteiger partial charge in [0.25, 0.3) is 0 Å². The van der Waals surface area contributed by atoms with Gasteiger partial charge in [0.1, 0.15) is 17.3 Å². The molecule has 0 amide bonds. The summed E-state index contributed by atoms with van der Waals surface area (Å²) in [7, 11) is 0. The summed E-state index contributed by atoms with van der Waals surface area (Å²) in [4.78, 5) is 4.34. The number of hydrogen-bond acceptors (Lipinski definition) is 4. The minimum absolute atomic E-state index is 0. The molecular weight excluding hydrogens is 502 g/mol. The summed E-state index contributed by atoms with van der Waals surface area (Å²) in [6.45, 7) is 6.33. The van der Waals surface area contributed by atoms with Crippen molar-refractivity contribution in [2.75, 3.05) is 13.1 Å². The molecule has 0 aliphatic rings. The number of guanidine groups is 1. The third-order valence-electron chi connectivity index (χ3n) is 3.81. The Morgan fingerprint density at radius 2 is 1.86 bits per heavy atom. The molecule has 162 valence electrons. The Kier molecular flexibility index (Phi) is 9.77. The number of aliphatic hydroxyl groups is 1. The van der Waals surface area contributed by atoms with Crippen LogP contribution in [0.3, 0.4) is 0 Å². The molecule has 2 rings (SSSR count). The summed E-state index contributed by atoms with van der Waals surface area (Å²) >= 11 is 0. The smallest absolute Gasteiger partial charge is 0.464 e. The number of furan rings is 1. The maximum Gasteiger partial charge on any atom is 0.573 e. The van der Waals surface area contributed by atoms with E-state index in [0.29, 0.717) is 18.1 Å². The highest BCUT2D eigenvalue weighted by Gasteiger charge is 2.31. The van der Waals surface area contributed by atoms with Crippen molar-refractivity contribution in [2.45, 2.75) is 39.3 Å². The van der Waals surface area contributed by atoms with Gasteiger partial charge in [0.05, 0.1) is 18.7 Å². The van der Waals surface area contributed by atoms with E-state index >= 15 is 0 Å².